The first-order chi connectivity index (χ1) is 17.0. The summed E-state index contributed by atoms with van der Waals surface area (Å²) in [6.07, 6.45) is 3.27. The number of ketones is 2. The van der Waals surface area contributed by atoms with Crippen molar-refractivity contribution in [3.63, 3.8) is 0 Å². The van der Waals surface area contributed by atoms with Gasteiger partial charge in [0.05, 0.1) is 23.6 Å². The van der Waals surface area contributed by atoms with Crippen molar-refractivity contribution in [2.45, 2.75) is 30.6 Å². The van der Waals surface area contributed by atoms with Crippen LogP contribution in [-0.2, 0) is 20.8 Å². The van der Waals surface area contributed by atoms with Gasteiger partial charge in [0.1, 0.15) is 17.4 Å². The molecule has 0 spiro atoms. The van der Waals surface area contributed by atoms with E-state index in [0.717, 1.165) is 0 Å². The van der Waals surface area contributed by atoms with Gasteiger partial charge in [0.15, 0.2) is 11.4 Å². The minimum absolute atomic E-state index is 0.0127. The van der Waals surface area contributed by atoms with Crippen LogP contribution >= 0.6 is 0 Å². The van der Waals surface area contributed by atoms with Crippen molar-refractivity contribution in [3.05, 3.63) is 47.4 Å². The highest BCUT2D eigenvalue weighted by Gasteiger charge is 2.67. The average molecular weight is 495 g/mol. The quantitative estimate of drug-likeness (QED) is 0.351. The summed E-state index contributed by atoms with van der Waals surface area (Å²) in [6, 6.07) is 2.06. The Hall–Kier alpha value is -3.67. The molecule has 3 aliphatic carbocycles. The summed E-state index contributed by atoms with van der Waals surface area (Å²) in [5.41, 5.74) is 4.17. The molecule has 2 fully saturated rings. The molecule has 2 saturated carbocycles. The van der Waals surface area contributed by atoms with E-state index in [1.807, 2.05) is 0 Å². The number of amides is 1. The molecule has 6 N–H and O–H groups in total. The molecule has 0 aliphatic heterocycles. The van der Waals surface area contributed by atoms with E-state index in [-0.39, 0.29) is 29.7 Å². The first-order valence-corrected chi connectivity index (χ1v) is 11.5. The van der Waals surface area contributed by atoms with Gasteiger partial charge in [-0.2, -0.15) is 0 Å². The molecule has 1 heterocycles. The van der Waals surface area contributed by atoms with Crippen molar-refractivity contribution in [2.75, 3.05) is 14.1 Å². The Morgan fingerprint density at radius 3 is 2.53 bits per heavy atom. The number of likely N-dealkylation sites (N-methyl/N-ethyl adjacent to an activating group) is 1. The number of aliphatic hydroxyl groups is 3. The second-order valence-corrected chi connectivity index (χ2v) is 9.87. The maximum Gasteiger partial charge on any atom is 0.230 e. The van der Waals surface area contributed by atoms with Crippen LogP contribution in [0.15, 0.2) is 36.3 Å². The molecular formula is C25H26N4O7. The lowest BCUT2D eigenvalue weighted by atomic mass is 9.54. The number of rotatable bonds is 3. The summed E-state index contributed by atoms with van der Waals surface area (Å²) >= 11 is 0. The summed E-state index contributed by atoms with van der Waals surface area (Å²) in [4.78, 5) is 49.2. The Morgan fingerprint density at radius 1 is 1.19 bits per heavy atom. The fourth-order valence-corrected chi connectivity index (χ4v) is 6.28. The summed E-state index contributed by atoms with van der Waals surface area (Å²) in [5.74, 6) is -7.72. The van der Waals surface area contributed by atoms with Crippen LogP contribution in [0.5, 0.6) is 5.75 Å². The first kappa shape index (κ1) is 24.0. The van der Waals surface area contributed by atoms with Crippen LogP contribution in [0, 0.1) is 17.8 Å². The average Bonchev–Trinajstić information content (AvgIpc) is 2.81. The number of nitrogens with two attached hydrogens (primary N) is 1. The monoisotopic (exact) mass is 494 g/mol. The van der Waals surface area contributed by atoms with E-state index in [1.165, 1.54) is 24.7 Å². The van der Waals surface area contributed by atoms with Gasteiger partial charge in [0.2, 0.25) is 11.7 Å². The number of Topliss-reactive ketones (excluding diaryl/α,β-unsaturated/α-hetero) is 2. The zero-order valence-corrected chi connectivity index (χ0v) is 19.6. The first-order valence-electron chi connectivity index (χ1n) is 11.5. The third kappa shape index (κ3) is 3.13. The summed E-state index contributed by atoms with van der Waals surface area (Å²) in [5, 5.41) is 44.4. The van der Waals surface area contributed by atoms with Crippen molar-refractivity contribution < 1.29 is 34.8 Å². The lowest BCUT2D eigenvalue weighted by Gasteiger charge is -2.53. The molecule has 1 amide bonds. The number of aromatic hydroxyl groups is 1. The molecule has 6 atom stereocenters. The van der Waals surface area contributed by atoms with Crippen LogP contribution in [0.4, 0.5) is 0 Å². The van der Waals surface area contributed by atoms with Crippen molar-refractivity contribution in [1.82, 2.24) is 14.9 Å². The summed E-state index contributed by atoms with van der Waals surface area (Å²) < 4.78 is 0. The second kappa shape index (κ2) is 8.19. The maximum absolute atomic E-state index is 13.8. The molecule has 0 radical (unpaired) electrons. The molecule has 3 aliphatic rings. The number of phenols is 1. The predicted molar refractivity (Wildman–Crippen MR) is 125 cm³/mol. The smallest absolute Gasteiger partial charge is 0.230 e. The summed E-state index contributed by atoms with van der Waals surface area (Å²) in [7, 11) is 3.21. The van der Waals surface area contributed by atoms with Crippen molar-refractivity contribution in [2.24, 2.45) is 23.5 Å². The number of hydrogen-bond donors (Lipinski definition) is 5. The Labute approximate surface area is 205 Å². The van der Waals surface area contributed by atoms with E-state index in [2.05, 4.69) is 9.97 Å². The number of fused-ring (bicyclic) bond motifs is 3. The van der Waals surface area contributed by atoms with E-state index in [9.17, 15) is 34.8 Å². The van der Waals surface area contributed by atoms with Crippen molar-refractivity contribution in [3.8, 4) is 17.0 Å². The number of primary amides is 1. The molecule has 0 saturated heterocycles. The molecule has 11 nitrogen and oxygen atoms in total. The number of phenolic OH excluding ortho intramolecular Hbond substituents is 1. The highest BCUT2D eigenvalue weighted by molar-refractivity contribution is 6.25. The van der Waals surface area contributed by atoms with Gasteiger partial charge < -0.3 is 31.1 Å². The molecule has 3 unspecified atom stereocenters. The van der Waals surface area contributed by atoms with E-state index in [4.69, 9.17) is 5.73 Å². The van der Waals surface area contributed by atoms with Gasteiger partial charge in [-0.05, 0) is 50.6 Å². The fourth-order valence-electron chi connectivity index (χ4n) is 6.28. The van der Waals surface area contributed by atoms with Crippen LogP contribution in [0.1, 0.15) is 17.5 Å². The van der Waals surface area contributed by atoms with Crippen molar-refractivity contribution in [1.29, 1.82) is 0 Å². The van der Waals surface area contributed by atoms with E-state index < -0.39 is 58.7 Å². The SMILES string of the molecule is CN(C)C1C(O)C(C(N)=O)C(=O)[C@@]2(O)C(=O)C3=C(O)c4c(O)ccc(-c5cnccn5)c4C[C@H]3C[C@@H]12. The maximum atomic E-state index is 13.8. The molecule has 11 heteroatoms. The topological polar surface area (TPSA) is 187 Å². The molecule has 1 aromatic heterocycles. The van der Waals surface area contributed by atoms with Crippen LogP contribution < -0.4 is 5.73 Å². The van der Waals surface area contributed by atoms with Crippen LogP contribution in [-0.4, -0.2) is 84.6 Å². The van der Waals surface area contributed by atoms with Crippen LogP contribution in [0.2, 0.25) is 0 Å². The molecular weight excluding hydrogens is 468 g/mol. The molecule has 188 valence electrons. The third-order valence-corrected chi connectivity index (χ3v) is 7.81. The van der Waals surface area contributed by atoms with Crippen LogP contribution in [0.25, 0.3) is 17.0 Å². The Bertz CT molecular complexity index is 1330. The van der Waals surface area contributed by atoms with Gasteiger partial charge in [-0.3, -0.25) is 24.4 Å². The van der Waals surface area contributed by atoms with Gasteiger partial charge in [0, 0.05) is 35.5 Å². The van der Waals surface area contributed by atoms with E-state index in [1.54, 1.807) is 25.1 Å². The highest BCUT2D eigenvalue weighted by atomic mass is 16.3. The third-order valence-electron chi connectivity index (χ3n) is 7.81. The molecule has 0 bridgehead atoms. The largest absolute Gasteiger partial charge is 0.507 e. The molecule has 2 aromatic rings. The lowest BCUT2D eigenvalue weighted by molar-refractivity contribution is -0.184. The number of hydrogen-bond acceptors (Lipinski definition) is 10. The number of carbonyl (C=O) groups is 3. The van der Waals surface area contributed by atoms with Gasteiger partial charge in [-0.25, -0.2) is 0 Å². The molecule has 1 aromatic carbocycles. The number of carbonyl (C=O) groups excluding carboxylic acids is 3. The minimum Gasteiger partial charge on any atom is -0.507 e. The van der Waals surface area contributed by atoms with Crippen molar-refractivity contribution >= 4 is 23.2 Å². The summed E-state index contributed by atoms with van der Waals surface area (Å²) in [6.45, 7) is 0. The Morgan fingerprint density at radius 2 is 1.92 bits per heavy atom. The van der Waals surface area contributed by atoms with Gasteiger partial charge in [-0.1, -0.05) is 0 Å². The normalized spacial score (nSPS) is 31.6. The highest BCUT2D eigenvalue weighted by Crippen LogP contribution is 2.53. The van der Waals surface area contributed by atoms with Gasteiger partial charge in [0.25, 0.3) is 0 Å². The van der Waals surface area contributed by atoms with Gasteiger partial charge >= 0.3 is 0 Å². The fraction of sp³-hybridized carbons (Fsp3) is 0.400. The second-order valence-electron chi connectivity index (χ2n) is 9.87. The zero-order chi connectivity index (χ0) is 26.1. The Balaban J connectivity index is 1.71. The lowest BCUT2D eigenvalue weighted by Crippen LogP contribution is -2.73. The number of aromatic nitrogens is 2. The molecule has 5 rings (SSSR count). The standard InChI is InChI=1S/C25H26N4O7/c1-29(2)19-13-8-10-7-12-11(14-9-27-5-6-28-14)3-4-15(30)17(12)20(31)16(10)22(33)25(13,36)23(34)18(21(19)32)24(26)35/h3-6,9-10,13,18-19,21,30-32,36H,7-8H2,1-2H3,(H2,26,35)/t10-,13-,18?,19?,21?,25-/m0/s1. The van der Waals surface area contributed by atoms with Gasteiger partial charge in [-0.15, -0.1) is 0 Å². The number of nitrogens with zero attached hydrogens (tertiary/aromatic N) is 3. The number of aliphatic hydroxyl groups excluding tert-OH is 2. The van der Waals surface area contributed by atoms with Crippen LogP contribution in [0.3, 0.4) is 0 Å². The predicted octanol–water partition coefficient (Wildman–Crippen LogP) is -0.414. The number of benzene rings is 1. The minimum atomic E-state index is -2.68. The van der Waals surface area contributed by atoms with E-state index in [0.29, 0.717) is 16.8 Å². The zero-order valence-electron chi connectivity index (χ0n) is 19.6. The Kier molecular flexibility index (Phi) is 5.47. The molecule has 36 heavy (non-hydrogen) atoms. The van der Waals surface area contributed by atoms with E-state index >= 15 is 0 Å².